The number of sulfone groups is 1. The average molecular weight is 335 g/mol. The van der Waals surface area contributed by atoms with E-state index < -0.39 is 20.6 Å². The zero-order valence-electron chi connectivity index (χ0n) is 13.3. The Morgan fingerprint density at radius 1 is 1.30 bits per heavy atom. The highest BCUT2D eigenvalue weighted by molar-refractivity contribution is 7.92. The minimum Gasteiger partial charge on any atom is -0.264 e. The number of nitrogens with zero attached hydrogens (tertiary/aromatic N) is 1. The fourth-order valence-electron chi connectivity index (χ4n) is 4.20. The molecule has 6 heteroatoms. The standard InChI is InChI=1S/C17H21NO4S/c1-12(13-6-4-3-5-7-13)11-23(21,22)17(2)15-9-8-14(10-15)16(17)18(19)20/h3-9,12,14-16H,10-11H2,1-2H3/t12-,14-,15+,16-,17+/m1/s1. The number of hydrogen-bond donors (Lipinski definition) is 0. The van der Waals surface area contributed by atoms with E-state index in [1.54, 1.807) is 6.92 Å². The largest absolute Gasteiger partial charge is 0.264 e. The van der Waals surface area contributed by atoms with Gasteiger partial charge in [-0.3, -0.25) is 10.1 Å². The van der Waals surface area contributed by atoms with Crippen molar-refractivity contribution in [1.29, 1.82) is 0 Å². The second-order valence-electron chi connectivity index (χ2n) is 6.90. The van der Waals surface area contributed by atoms with Crippen molar-refractivity contribution in [2.45, 2.75) is 37.0 Å². The summed E-state index contributed by atoms with van der Waals surface area (Å²) < 4.78 is 24.9. The molecular weight excluding hydrogens is 314 g/mol. The van der Waals surface area contributed by atoms with Crippen LogP contribution in [0.3, 0.4) is 0 Å². The van der Waals surface area contributed by atoms with Crippen molar-refractivity contribution in [3.05, 3.63) is 58.2 Å². The van der Waals surface area contributed by atoms with Crippen LogP contribution in [0.15, 0.2) is 42.5 Å². The van der Waals surface area contributed by atoms with Gasteiger partial charge in [-0.05, 0) is 24.8 Å². The molecule has 0 heterocycles. The van der Waals surface area contributed by atoms with Crippen LogP contribution in [0.5, 0.6) is 0 Å². The van der Waals surface area contributed by atoms with Crippen LogP contribution in [0.1, 0.15) is 31.7 Å². The summed E-state index contributed by atoms with van der Waals surface area (Å²) in [6.07, 6.45) is 4.24. The molecule has 3 rings (SSSR count). The Bertz CT molecular complexity index is 743. The lowest BCUT2D eigenvalue weighted by molar-refractivity contribution is -0.531. The van der Waals surface area contributed by atoms with Crippen LogP contribution in [0.4, 0.5) is 0 Å². The van der Waals surface area contributed by atoms with Crippen LogP contribution < -0.4 is 0 Å². The van der Waals surface area contributed by atoms with Crippen LogP contribution in [0.25, 0.3) is 0 Å². The van der Waals surface area contributed by atoms with Crippen molar-refractivity contribution in [2.24, 2.45) is 11.8 Å². The van der Waals surface area contributed by atoms with Crippen LogP contribution >= 0.6 is 0 Å². The third-order valence-electron chi connectivity index (χ3n) is 5.58. The molecule has 0 aliphatic heterocycles. The molecule has 0 spiro atoms. The van der Waals surface area contributed by atoms with E-state index in [2.05, 4.69) is 0 Å². The smallest absolute Gasteiger partial charge is 0.239 e. The third-order valence-corrected chi connectivity index (χ3v) is 8.40. The Kier molecular flexibility index (Phi) is 3.83. The molecule has 0 unspecified atom stereocenters. The van der Waals surface area contributed by atoms with Gasteiger partial charge < -0.3 is 0 Å². The van der Waals surface area contributed by atoms with Gasteiger partial charge in [0.15, 0.2) is 9.84 Å². The zero-order chi connectivity index (χ0) is 16.8. The van der Waals surface area contributed by atoms with Gasteiger partial charge in [-0.25, -0.2) is 8.42 Å². The molecule has 1 saturated carbocycles. The molecule has 5 nitrogen and oxygen atoms in total. The number of hydrogen-bond acceptors (Lipinski definition) is 4. The average Bonchev–Trinajstić information content (AvgIpc) is 3.07. The minimum atomic E-state index is -3.62. The Labute approximate surface area is 136 Å². The molecule has 124 valence electrons. The van der Waals surface area contributed by atoms with E-state index in [-0.39, 0.29) is 28.4 Å². The van der Waals surface area contributed by atoms with E-state index in [1.807, 2.05) is 49.4 Å². The molecule has 0 N–H and O–H groups in total. The summed E-state index contributed by atoms with van der Waals surface area (Å²) in [5.74, 6) is -0.763. The maximum Gasteiger partial charge on any atom is 0.239 e. The number of fused-ring (bicyclic) bond motifs is 2. The topological polar surface area (TPSA) is 77.3 Å². The molecule has 2 aliphatic carbocycles. The van der Waals surface area contributed by atoms with Crippen molar-refractivity contribution in [3.63, 3.8) is 0 Å². The molecule has 1 aromatic carbocycles. The number of rotatable bonds is 5. The molecule has 0 saturated heterocycles. The monoisotopic (exact) mass is 335 g/mol. The van der Waals surface area contributed by atoms with E-state index in [9.17, 15) is 18.5 Å². The summed E-state index contributed by atoms with van der Waals surface area (Å²) in [5.41, 5.74) is 0.941. The van der Waals surface area contributed by atoms with E-state index in [1.165, 1.54) is 0 Å². The van der Waals surface area contributed by atoms with Gasteiger partial charge in [-0.1, -0.05) is 49.4 Å². The van der Waals surface area contributed by atoms with Gasteiger partial charge >= 0.3 is 0 Å². The van der Waals surface area contributed by atoms with Gasteiger partial charge in [0.25, 0.3) is 0 Å². The molecule has 0 radical (unpaired) electrons. The van der Waals surface area contributed by atoms with Crippen LogP contribution in [0, 0.1) is 22.0 Å². The first kappa shape index (κ1) is 16.2. The molecule has 2 bridgehead atoms. The fraction of sp³-hybridized carbons (Fsp3) is 0.529. The fourth-order valence-corrected chi connectivity index (χ4v) is 6.67. The van der Waals surface area contributed by atoms with Crippen molar-refractivity contribution < 1.29 is 13.3 Å². The lowest BCUT2D eigenvalue weighted by Gasteiger charge is -2.33. The maximum absolute atomic E-state index is 13.1. The quantitative estimate of drug-likeness (QED) is 0.471. The number of allylic oxidation sites excluding steroid dienone is 1. The van der Waals surface area contributed by atoms with Crippen molar-refractivity contribution in [1.82, 2.24) is 0 Å². The molecule has 2 aliphatic rings. The van der Waals surface area contributed by atoms with Gasteiger partial charge in [0, 0.05) is 16.8 Å². The Morgan fingerprint density at radius 2 is 1.96 bits per heavy atom. The van der Waals surface area contributed by atoms with Crippen LogP contribution in [-0.4, -0.2) is 29.9 Å². The Balaban J connectivity index is 1.92. The highest BCUT2D eigenvalue weighted by atomic mass is 32.2. The highest BCUT2D eigenvalue weighted by Gasteiger charge is 2.66. The van der Waals surface area contributed by atoms with E-state index >= 15 is 0 Å². The minimum absolute atomic E-state index is 0.0606. The lowest BCUT2D eigenvalue weighted by atomic mass is 9.90. The second kappa shape index (κ2) is 5.44. The second-order valence-corrected chi connectivity index (χ2v) is 9.34. The zero-order valence-corrected chi connectivity index (χ0v) is 14.1. The summed E-state index contributed by atoms with van der Waals surface area (Å²) in [4.78, 5) is 11.1. The molecule has 5 atom stereocenters. The number of benzene rings is 1. The first-order chi connectivity index (χ1) is 10.8. The maximum atomic E-state index is 13.1. The van der Waals surface area contributed by atoms with Crippen LogP contribution in [0.2, 0.25) is 0 Å². The van der Waals surface area contributed by atoms with Gasteiger partial charge in [-0.15, -0.1) is 0 Å². The highest BCUT2D eigenvalue weighted by Crippen LogP contribution is 2.52. The number of nitro groups is 1. The van der Waals surface area contributed by atoms with E-state index in [0.29, 0.717) is 6.42 Å². The summed E-state index contributed by atoms with van der Waals surface area (Å²) in [5, 5.41) is 11.5. The van der Waals surface area contributed by atoms with E-state index in [0.717, 1.165) is 5.56 Å². The van der Waals surface area contributed by atoms with Crippen molar-refractivity contribution in [3.8, 4) is 0 Å². The predicted octanol–water partition coefficient (Wildman–Crippen LogP) is 2.81. The van der Waals surface area contributed by atoms with Gasteiger partial charge in [0.2, 0.25) is 6.04 Å². The SMILES string of the molecule is C[C@H](CS(=O)(=O)[C@@]1(C)[C@H]2C=C[C@H](C2)[C@H]1[N+](=O)[O-])c1ccccc1. The van der Waals surface area contributed by atoms with Gasteiger partial charge in [0.1, 0.15) is 4.75 Å². The molecule has 1 aromatic rings. The molecule has 1 fully saturated rings. The first-order valence-corrected chi connectivity index (χ1v) is 9.51. The first-order valence-electron chi connectivity index (χ1n) is 7.86. The summed E-state index contributed by atoms with van der Waals surface area (Å²) >= 11 is 0. The summed E-state index contributed by atoms with van der Waals surface area (Å²) in [7, 11) is -3.62. The predicted molar refractivity (Wildman–Crippen MR) is 88.6 cm³/mol. The third kappa shape index (κ3) is 2.40. The van der Waals surface area contributed by atoms with Gasteiger partial charge in [0.05, 0.1) is 5.75 Å². The molecular formula is C17H21NO4S. The molecule has 0 aromatic heterocycles. The Morgan fingerprint density at radius 3 is 2.57 bits per heavy atom. The molecule has 0 amide bonds. The van der Waals surface area contributed by atoms with Crippen molar-refractivity contribution in [2.75, 3.05) is 5.75 Å². The summed E-state index contributed by atoms with van der Waals surface area (Å²) in [6, 6.07) is 8.39. The summed E-state index contributed by atoms with van der Waals surface area (Å²) in [6.45, 7) is 3.43. The Hall–Kier alpha value is -1.69. The van der Waals surface area contributed by atoms with E-state index in [4.69, 9.17) is 0 Å². The van der Waals surface area contributed by atoms with Gasteiger partial charge in [-0.2, -0.15) is 0 Å². The lowest BCUT2D eigenvalue weighted by Crippen LogP contribution is -2.54. The molecule has 23 heavy (non-hydrogen) atoms. The normalized spacial score (nSPS) is 33.7. The van der Waals surface area contributed by atoms with Crippen molar-refractivity contribution >= 4 is 9.84 Å². The van der Waals surface area contributed by atoms with Crippen LogP contribution in [-0.2, 0) is 9.84 Å².